The monoisotopic (exact) mass is 437 g/mol. The number of nitrogens with zero attached hydrogens (tertiary/aromatic N) is 2. The zero-order valence-electron chi connectivity index (χ0n) is 13.6. The molecule has 23 heavy (non-hydrogen) atoms. The fourth-order valence-electron chi connectivity index (χ4n) is 2.63. The van der Waals surface area contributed by atoms with Crippen LogP contribution in [0.2, 0.25) is 0 Å². The van der Waals surface area contributed by atoms with Gasteiger partial charge < -0.3 is 20.1 Å². The van der Waals surface area contributed by atoms with Crippen molar-refractivity contribution in [3.05, 3.63) is 35.1 Å². The lowest BCUT2D eigenvalue weighted by Crippen LogP contribution is -2.41. The summed E-state index contributed by atoms with van der Waals surface area (Å²) >= 11 is 0. The molecule has 0 aromatic heterocycles. The lowest BCUT2D eigenvalue weighted by molar-refractivity contribution is 0.181. The predicted molar refractivity (Wildman–Crippen MR) is 99.5 cm³/mol. The molecular weight excluding hydrogens is 412 g/mol. The quantitative estimate of drug-likeness (QED) is 0.421. The first-order valence-corrected chi connectivity index (χ1v) is 7.51. The van der Waals surface area contributed by atoms with E-state index in [0.717, 1.165) is 37.7 Å². The van der Waals surface area contributed by atoms with E-state index in [4.69, 9.17) is 9.84 Å². The van der Waals surface area contributed by atoms with Gasteiger partial charge in [0.05, 0.1) is 13.2 Å². The molecular formula is C16H25FIN3O2. The van der Waals surface area contributed by atoms with E-state index in [-0.39, 0.29) is 36.4 Å². The minimum atomic E-state index is -0.381. The third kappa shape index (κ3) is 5.89. The molecule has 1 atom stereocenters. The average Bonchev–Trinajstić information content (AvgIpc) is 3.02. The van der Waals surface area contributed by atoms with Crippen molar-refractivity contribution in [2.45, 2.75) is 19.6 Å². The summed E-state index contributed by atoms with van der Waals surface area (Å²) in [5.74, 6) is 0.950. The molecule has 0 saturated carbocycles. The van der Waals surface area contributed by atoms with Crippen LogP contribution in [0.4, 0.5) is 4.39 Å². The summed E-state index contributed by atoms with van der Waals surface area (Å²) in [7, 11) is 3.74. The fourth-order valence-corrected chi connectivity index (χ4v) is 2.63. The number of rotatable bonds is 5. The highest BCUT2D eigenvalue weighted by atomic mass is 127. The number of ether oxygens (including phenoxy) is 1. The molecule has 1 aliphatic heterocycles. The van der Waals surface area contributed by atoms with Crippen LogP contribution < -0.4 is 5.32 Å². The first kappa shape index (κ1) is 20.1. The maximum absolute atomic E-state index is 13.4. The number of aliphatic hydroxyl groups excluding tert-OH is 1. The normalized spacial score (nSPS) is 17.7. The molecule has 2 rings (SSSR count). The smallest absolute Gasteiger partial charge is 0.193 e. The molecule has 1 fully saturated rings. The Kier molecular flexibility index (Phi) is 8.78. The number of aliphatic hydroxyl groups is 1. The van der Waals surface area contributed by atoms with Crippen LogP contribution in [0.25, 0.3) is 0 Å². The van der Waals surface area contributed by atoms with Crippen molar-refractivity contribution in [2.24, 2.45) is 10.9 Å². The standard InChI is InChI=1S/C16H24FN3O2.HI/c1-18-16(20(2)9-13-5-6-22-11-13)19-8-12-3-4-15(17)14(7-12)10-21;/h3-4,7,13,21H,5-6,8-11H2,1-2H3,(H,18,19);1H. The first-order valence-electron chi connectivity index (χ1n) is 7.51. The van der Waals surface area contributed by atoms with Gasteiger partial charge in [0.25, 0.3) is 0 Å². The van der Waals surface area contributed by atoms with Crippen molar-refractivity contribution in [1.29, 1.82) is 0 Å². The summed E-state index contributed by atoms with van der Waals surface area (Å²) in [5.41, 5.74) is 1.22. The Hall–Kier alpha value is -0.930. The summed E-state index contributed by atoms with van der Waals surface area (Å²) in [4.78, 5) is 6.35. The Morgan fingerprint density at radius 2 is 2.30 bits per heavy atom. The van der Waals surface area contributed by atoms with Crippen LogP contribution in [0.5, 0.6) is 0 Å². The summed E-state index contributed by atoms with van der Waals surface area (Å²) in [6, 6.07) is 4.75. The third-order valence-corrected chi connectivity index (χ3v) is 3.86. The van der Waals surface area contributed by atoms with Crippen LogP contribution in [-0.4, -0.2) is 49.8 Å². The van der Waals surface area contributed by atoms with E-state index in [0.29, 0.717) is 18.0 Å². The number of halogens is 2. The number of aliphatic imine (C=N–C) groups is 1. The molecule has 0 spiro atoms. The Labute approximate surface area is 153 Å². The zero-order valence-corrected chi connectivity index (χ0v) is 15.9. The van der Waals surface area contributed by atoms with Crippen LogP contribution in [-0.2, 0) is 17.9 Å². The highest BCUT2D eigenvalue weighted by Crippen LogP contribution is 2.14. The summed E-state index contributed by atoms with van der Waals surface area (Å²) in [6.07, 6.45) is 1.08. The van der Waals surface area contributed by atoms with E-state index in [9.17, 15) is 4.39 Å². The SMILES string of the molecule is CN=C(NCc1ccc(F)c(CO)c1)N(C)CC1CCOC1.I. The van der Waals surface area contributed by atoms with E-state index in [1.165, 1.54) is 6.07 Å². The first-order chi connectivity index (χ1) is 10.6. The highest BCUT2D eigenvalue weighted by molar-refractivity contribution is 14.0. The van der Waals surface area contributed by atoms with Crippen LogP contribution in [0.3, 0.4) is 0 Å². The maximum atomic E-state index is 13.4. The lowest BCUT2D eigenvalue weighted by atomic mass is 10.1. The van der Waals surface area contributed by atoms with Crippen LogP contribution >= 0.6 is 24.0 Å². The molecule has 1 aromatic carbocycles. The number of guanidine groups is 1. The summed E-state index contributed by atoms with van der Waals surface area (Å²) in [5, 5.41) is 12.4. The van der Waals surface area contributed by atoms with Crippen LogP contribution in [0.1, 0.15) is 17.5 Å². The van der Waals surface area contributed by atoms with Crippen molar-refractivity contribution >= 4 is 29.9 Å². The summed E-state index contributed by atoms with van der Waals surface area (Å²) < 4.78 is 18.8. The molecule has 1 aliphatic rings. The van der Waals surface area contributed by atoms with Gasteiger partial charge in [-0.25, -0.2) is 4.39 Å². The molecule has 2 N–H and O–H groups in total. The van der Waals surface area contributed by atoms with Crippen molar-refractivity contribution < 1.29 is 14.2 Å². The van der Waals surface area contributed by atoms with Crippen molar-refractivity contribution in [3.63, 3.8) is 0 Å². The fraction of sp³-hybridized carbons (Fsp3) is 0.562. The van der Waals surface area contributed by atoms with Gasteiger partial charge in [0.15, 0.2) is 5.96 Å². The Morgan fingerprint density at radius 1 is 1.52 bits per heavy atom. The Bertz CT molecular complexity index is 522. The number of benzene rings is 1. The zero-order chi connectivity index (χ0) is 15.9. The Morgan fingerprint density at radius 3 is 2.91 bits per heavy atom. The van der Waals surface area contributed by atoms with Crippen molar-refractivity contribution in [2.75, 3.05) is 33.9 Å². The highest BCUT2D eigenvalue weighted by Gasteiger charge is 2.19. The second-order valence-corrected chi connectivity index (χ2v) is 5.59. The second-order valence-electron chi connectivity index (χ2n) is 5.59. The number of hydrogen-bond acceptors (Lipinski definition) is 3. The molecule has 7 heteroatoms. The third-order valence-electron chi connectivity index (χ3n) is 3.86. The van der Waals surface area contributed by atoms with Crippen LogP contribution in [0, 0.1) is 11.7 Å². The van der Waals surface area contributed by atoms with Gasteiger partial charge in [-0.05, 0) is 24.1 Å². The van der Waals surface area contributed by atoms with Gasteiger partial charge in [-0.1, -0.05) is 6.07 Å². The van der Waals surface area contributed by atoms with Crippen molar-refractivity contribution in [1.82, 2.24) is 10.2 Å². The van der Waals surface area contributed by atoms with Gasteiger partial charge in [0, 0.05) is 45.3 Å². The molecule has 0 aliphatic carbocycles. The number of nitrogens with one attached hydrogen (secondary N) is 1. The van der Waals surface area contributed by atoms with Gasteiger partial charge in [-0.3, -0.25) is 4.99 Å². The topological polar surface area (TPSA) is 57.1 Å². The second kappa shape index (κ2) is 10.0. The van der Waals surface area contributed by atoms with Gasteiger partial charge >= 0.3 is 0 Å². The minimum absolute atomic E-state index is 0. The van der Waals surface area contributed by atoms with Gasteiger partial charge in [-0.15, -0.1) is 24.0 Å². The van der Waals surface area contributed by atoms with E-state index in [2.05, 4.69) is 15.2 Å². The van der Waals surface area contributed by atoms with Crippen LogP contribution in [0.15, 0.2) is 23.2 Å². The van der Waals surface area contributed by atoms with E-state index in [1.54, 1.807) is 19.2 Å². The lowest BCUT2D eigenvalue weighted by Gasteiger charge is -2.24. The van der Waals surface area contributed by atoms with E-state index >= 15 is 0 Å². The molecule has 5 nitrogen and oxygen atoms in total. The summed E-state index contributed by atoms with van der Waals surface area (Å²) in [6.45, 7) is 2.77. The predicted octanol–water partition coefficient (Wildman–Crippen LogP) is 1.98. The van der Waals surface area contributed by atoms with Gasteiger partial charge in [0.2, 0.25) is 0 Å². The molecule has 1 heterocycles. The molecule has 0 amide bonds. The number of hydrogen-bond donors (Lipinski definition) is 2. The molecule has 1 aromatic rings. The van der Waals surface area contributed by atoms with Gasteiger partial charge in [0.1, 0.15) is 5.82 Å². The van der Waals surface area contributed by atoms with E-state index in [1.807, 2.05) is 7.05 Å². The van der Waals surface area contributed by atoms with Gasteiger partial charge in [-0.2, -0.15) is 0 Å². The molecule has 1 saturated heterocycles. The molecule has 0 radical (unpaired) electrons. The largest absolute Gasteiger partial charge is 0.392 e. The van der Waals surface area contributed by atoms with Crippen molar-refractivity contribution in [3.8, 4) is 0 Å². The van der Waals surface area contributed by atoms with E-state index < -0.39 is 0 Å². The maximum Gasteiger partial charge on any atom is 0.193 e. The molecule has 130 valence electrons. The molecule has 0 bridgehead atoms. The molecule has 1 unspecified atom stereocenters. The minimum Gasteiger partial charge on any atom is -0.392 e. The average molecular weight is 437 g/mol. The Balaban J connectivity index is 0.00000264.